The molecular formula is C19H17FN2O4S. The molecule has 0 N–H and O–H groups in total. The van der Waals surface area contributed by atoms with Crippen LogP contribution in [0.15, 0.2) is 47.5 Å². The highest BCUT2D eigenvalue weighted by atomic mass is 32.1. The monoisotopic (exact) mass is 388 g/mol. The molecule has 8 heteroatoms. The fourth-order valence-electron chi connectivity index (χ4n) is 2.50. The number of benzene rings is 2. The van der Waals surface area contributed by atoms with Gasteiger partial charge in [-0.15, -0.1) is 0 Å². The highest BCUT2D eigenvalue weighted by molar-refractivity contribution is 7.16. The number of carbonyl (C=O) groups excluding carboxylic acids is 2. The molecule has 0 spiro atoms. The van der Waals surface area contributed by atoms with Crippen LogP contribution in [0, 0.1) is 5.82 Å². The molecule has 140 valence electrons. The highest BCUT2D eigenvalue weighted by Crippen LogP contribution is 2.23. The van der Waals surface area contributed by atoms with E-state index in [0.717, 1.165) is 10.2 Å². The standard InChI is InChI=1S/C19H17FN2O4S/c1-3-26-17(23)11-22-15-9-8-14(25-2)10-16(15)27-19(22)21-18(24)12-4-6-13(20)7-5-12/h4-10H,3,11H2,1-2H3. The van der Waals surface area contributed by atoms with Crippen LogP contribution in [-0.2, 0) is 16.1 Å². The first kappa shape index (κ1) is 18.8. The lowest BCUT2D eigenvalue weighted by molar-refractivity contribution is -0.143. The van der Waals surface area contributed by atoms with Crippen molar-refractivity contribution in [1.29, 1.82) is 0 Å². The third-order valence-corrected chi connectivity index (χ3v) is 4.81. The maximum Gasteiger partial charge on any atom is 0.326 e. The second kappa shape index (κ2) is 8.13. The van der Waals surface area contributed by atoms with Crippen LogP contribution in [0.25, 0.3) is 10.2 Å². The molecule has 3 aromatic rings. The van der Waals surface area contributed by atoms with Crippen LogP contribution < -0.4 is 9.54 Å². The van der Waals surface area contributed by atoms with E-state index in [1.165, 1.54) is 35.6 Å². The van der Waals surface area contributed by atoms with E-state index in [4.69, 9.17) is 9.47 Å². The number of ether oxygens (including phenoxy) is 2. The maximum atomic E-state index is 13.1. The van der Waals surface area contributed by atoms with Crippen molar-refractivity contribution in [1.82, 2.24) is 4.57 Å². The van der Waals surface area contributed by atoms with Crippen LogP contribution >= 0.6 is 11.3 Å². The van der Waals surface area contributed by atoms with E-state index in [-0.39, 0.29) is 18.7 Å². The normalized spacial score (nSPS) is 11.6. The number of aromatic nitrogens is 1. The minimum atomic E-state index is -0.522. The molecule has 3 rings (SSSR count). The van der Waals surface area contributed by atoms with E-state index in [2.05, 4.69) is 4.99 Å². The number of hydrogen-bond acceptors (Lipinski definition) is 5. The molecular weight excluding hydrogens is 371 g/mol. The molecule has 1 aromatic heterocycles. The summed E-state index contributed by atoms with van der Waals surface area (Å²) in [5.41, 5.74) is 0.994. The molecule has 0 aliphatic rings. The number of halogens is 1. The number of esters is 1. The van der Waals surface area contributed by atoms with Gasteiger partial charge in [0.1, 0.15) is 18.1 Å². The van der Waals surface area contributed by atoms with Gasteiger partial charge in [-0.05, 0) is 49.4 Å². The largest absolute Gasteiger partial charge is 0.497 e. The van der Waals surface area contributed by atoms with Crippen LogP contribution in [0.2, 0.25) is 0 Å². The van der Waals surface area contributed by atoms with Crippen LogP contribution in [0.1, 0.15) is 17.3 Å². The molecule has 0 aliphatic carbocycles. The van der Waals surface area contributed by atoms with Gasteiger partial charge in [0.25, 0.3) is 5.91 Å². The summed E-state index contributed by atoms with van der Waals surface area (Å²) in [4.78, 5) is 28.9. The van der Waals surface area contributed by atoms with Crippen molar-refractivity contribution in [2.24, 2.45) is 4.99 Å². The molecule has 6 nitrogen and oxygen atoms in total. The third kappa shape index (κ3) is 4.22. The van der Waals surface area contributed by atoms with Crippen LogP contribution in [0.3, 0.4) is 0 Å². The Balaban J connectivity index is 2.10. The number of carbonyl (C=O) groups is 2. The van der Waals surface area contributed by atoms with Gasteiger partial charge in [0.15, 0.2) is 4.80 Å². The Bertz CT molecular complexity index is 1050. The van der Waals surface area contributed by atoms with Gasteiger partial charge >= 0.3 is 5.97 Å². The van der Waals surface area contributed by atoms with Crippen molar-refractivity contribution >= 4 is 33.4 Å². The quantitative estimate of drug-likeness (QED) is 0.630. The number of methoxy groups -OCH3 is 1. The maximum absolute atomic E-state index is 13.1. The van der Waals surface area contributed by atoms with Crippen LogP contribution in [0.4, 0.5) is 4.39 Å². The summed E-state index contributed by atoms with van der Waals surface area (Å²) < 4.78 is 25.7. The fraction of sp³-hybridized carbons (Fsp3) is 0.211. The lowest BCUT2D eigenvalue weighted by Gasteiger charge is -2.05. The van der Waals surface area contributed by atoms with Gasteiger partial charge < -0.3 is 14.0 Å². The van der Waals surface area contributed by atoms with Crippen molar-refractivity contribution in [2.45, 2.75) is 13.5 Å². The van der Waals surface area contributed by atoms with Gasteiger partial charge in [-0.25, -0.2) is 4.39 Å². The first-order valence-electron chi connectivity index (χ1n) is 8.19. The Morgan fingerprint density at radius 1 is 1.19 bits per heavy atom. The first-order chi connectivity index (χ1) is 13.0. The summed E-state index contributed by atoms with van der Waals surface area (Å²) >= 11 is 1.25. The highest BCUT2D eigenvalue weighted by Gasteiger charge is 2.13. The van der Waals surface area contributed by atoms with E-state index in [9.17, 15) is 14.0 Å². The molecule has 1 heterocycles. The number of fused-ring (bicyclic) bond motifs is 1. The van der Waals surface area contributed by atoms with Crippen molar-refractivity contribution in [3.8, 4) is 5.75 Å². The van der Waals surface area contributed by atoms with E-state index in [1.54, 1.807) is 30.7 Å². The molecule has 0 atom stereocenters. The molecule has 27 heavy (non-hydrogen) atoms. The Morgan fingerprint density at radius 3 is 2.59 bits per heavy atom. The first-order valence-corrected chi connectivity index (χ1v) is 9.01. The van der Waals surface area contributed by atoms with Crippen molar-refractivity contribution in [3.63, 3.8) is 0 Å². The van der Waals surface area contributed by atoms with E-state index < -0.39 is 17.7 Å². The van der Waals surface area contributed by atoms with E-state index in [0.29, 0.717) is 10.6 Å². The molecule has 0 saturated heterocycles. The minimum Gasteiger partial charge on any atom is -0.497 e. The molecule has 0 aliphatic heterocycles. The topological polar surface area (TPSA) is 69.9 Å². The lowest BCUT2D eigenvalue weighted by atomic mass is 10.2. The summed E-state index contributed by atoms with van der Waals surface area (Å²) in [6.45, 7) is 1.91. The van der Waals surface area contributed by atoms with Gasteiger partial charge in [-0.2, -0.15) is 4.99 Å². The zero-order valence-electron chi connectivity index (χ0n) is 14.8. The SMILES string of the molecule is CCOC(=O)Cn1c(=NC(=O)c2ccc(F)cc2)sc2cc(OC)ccc21. The van der Waals surface area contributed by atoms with E-state index >= 15 is 0 Å². The number of rotatable bonds is 5. The lowest BCUT2D eigenvalue weighted by Crippen LogP contribution is -2.23. The summed E-state index contributed by atoms with van der Waals surface area (Å²) in [5.74, 6) is -0.726. The molecule has 0 bridgehead atoms. The Labute approximate surface area is 158 Å². The Hall–Kier alpha value is -3.00. The second-order valence-corrected chi connectivity index (χ2v) is 6.54. The average Bonchev–Trinajstić information content (AvgIpc) is 2.98. The van der Waals surface area contributed by atoms with Crippen molar-refractivity contribution in [3.05, 3.63) is 58.6 Å². The number of amides is 1. The van der Waals surface area contributed by atoms with Gasteiger partial charge in [-0.1, -0.05) is 11.3 Å². The second-order valence-electron chi connectivity index (χ2n) is 5.53. The Kier molecular flexibility index (Phi) is 5.66. The molecule has 2 aromatic carbocycles. The molecule has 1 amide bonds. The zero-order valence-corrected chi connectivity index (χ0v) is 15.6. The number of nitrogens with zero attached hydrogens (tertiary/aromatic N) is 2. The number of hydrogen-bond donors (Lipinski definition) is 0. The summed E-state index contributed by atoms with van der Waals surface area (Å²) in [7, 11) is 1.56. The molecule has 0 saturated carbocycles. The predicted molar refractivity (Wildman–Crippen MR) is 99.3 cm³/mol. The van der Waals surface area contributed by atoms with E-state index in [1.807, 2.05) is 6.07 Å². The van der Waals surface area contributed by atoms with Gasteiger partial charge in [0, 0.05) is 5.56 Å². The van der Waals surface area contributed by atoms with Gasteiger partial charge in [0.2, 0.25) is 0 Å². The summed E-state index contributed by atoms with van der Waals surface area (Å²) in [6, 6.07) is 10.5. The molecule has 0 radical (unpaired) electrons. The summed E-state index contributed by atoms with van der Waals surface area (Å²) in [5, 5.41) is 0. The third-order valence-electron chi connectivity index (χ3n) is 3.77. The number of thiazole rings is 1. The Morgan fingerprint density at radius 2 is 1.93 bits per heavy atom. The fourth-order valence-corrected chi connectivity index (χ4v) is 3.55. The zero-order chi connectivity index (χ0) is 19.4. The summed E-state index contributed by atoms with van der Waals surface area (Å²) in [6.07, 6.45) is 0. The van der Waals surface area contributed by atoms with Gasteiger partial charge in [0.05, 0.1) is 23.9 Å². The van der Waals surface area contributed by atoms with Gasteiger partial charge in [-0.3, -0.25) is 9.59 Å². The molecule has 0 fully saturated rings. The van der Waals surface area contributed by atoms with Crippen LogP contribution in [0.5, 0.6) is 5.75 Å². The smallest absolute Gasteiger partial charge is 0.326 e. The molecule has 0 unspecified atom stereocenters. The van der Waals surface area contributed by atoms with Crippen LogP contribution in [-0.4, -0.2) is 30.2 Å². The minimum absolute atomic E-state index is 0.0737. The van der Waals surface area contributed by atoms with Crippen molar-refractivity contribution < 1.29 is 23.5 Å². The average molecular weight is 388 g/mol. The van der Waals surface area contributed by atoms with Crippen molar-refractivity contribution in [2.75, 3.05) is 13.7 Å². The predicted octanol–water partition coefficient (Wildman–Crippen LogP) is 3.15.